The van der Waals surface area contributed by atoms with Gasteiger partial charge in [-0.15, -0.1) is 0 Å². The van der Waals surface area contributed by atoms with Crippen LogP contribution in [0, 0.1) is 0 Å². The minimum absolute atomic E-state index is 0.0574. The van der Waals surface area contributed by atoms with Gasteiger partial charge in [0.1, 0.15) is 17.2 Å². The first kappa shape index (κ1) is 14.6. The number of benzene rings is 1. The van der Waals surface area contributed by atoms with E-state index in [0.29, 0.717) is 6.42 Å². The molecule has 122 valence electrons. The number of carbonyl (C=O) groups excluding carboxylic acids is 1. The molecule has 0 N–H and O–H groups in total. The fraction of sp³-hybridized carbons (Fsp3) is 0.588. The zero-order chi connectivity index (χ0) is 15.6. The lowest BCUT2D eigenvalue weighted by Crippen LogP contribution is -2.37. The molecule has 2 saturated heterocycles. The zero-order valence-corrected chi connectivity index (χ0v) is 13.4. The van der Waals surface area contributed by atoms with E-state index in [1.165, 1.54) is 25.9 Å². The lowest BCUT2D eigenvalue weighted by Gasteiger charge is -2.28. The van der Waals surface area contributed by atoms with Crippen molar-refractivity contribution in [3.8, 4) is 0 Å². The first-order valence-electron chi connectivity index (χ1n) is 8.65. The van der Waals surface area contributed by atoms with Crippen LogP contribution in [0.1, 0.15) is 38.3 Å². The minimum atomic E-state index is -0.0574. The molecule has 6 nitrogen and oxygen atoms in total. The van der Waals surface area contributed by atoms with Crippen molar-refractivity contribution >= 4 is 16.9 Å². The third kappa shape index (κ3) is 2.95. The van der Waals surface area contributed by atoms with Crippen molar-refractivity contribution in [2.24, 2.45) is 0 Å². The van der Waals surface area contributed by atoms with Crippen molar-refractivity contribution in [3.63, 3.8) is 0 Å². The molecule has 3 heterocycles. The molecule has 1 atom stereocenters. The fourth-order valence-electron chi connectivity index (χ4n) is 3.69. The summed E-state index contributed by atoms with van der Waals surface area (Å²) in [6, 6.07) is 7.90. The number of rotatable bonds is 5. The van der Waals surface area contributed by atoms with Crippen LogP contribution in [0.5, 0.6) is 0 Å². The van der Waals surface area contributed by atoms with Gasteiger partial charge in [-0.1, -0.05) is 12.1 Å². The molecule has 6 heteroatoms. The average Bonchev–Trinajstić information content (AvgIpc) is 3.28. The normalized spacial score (nSPS) is 20.7. The second-order valence-corrected chi connectivity index (χ2v) is 6.52. The molecule has 1 aromatic heterocycles. The molecule has 0 bridgehead atoms. The fourth-order valence-corrected chi connectivity index (χ4v) is 3.69. The highest BCUT2D eigenvalue weighted by molar-refractivity contribution is 5.78. The Morgan fingerprint density at radius 1 is 1.00 bits per heavy atom. The highest BCUT2D eigenvalue weighted by atomic mass is 16.2. The van der Waals surface area contributed by atoms with Crippen LogP contribution >= 0.6 is 0 Å². The van der Waals surface area contributed by atoms with Crippen molar-refractivity contribution in [2.75, 3.05) is 26.2 Å². The van der Waals surface area contributed by atoms with E-state index in [0.717, 1.165) is 37.0 Å². The maximum Gasteiger partial charge on any atom is 0.224 e. The summed E-state index contributed by atoms with van der Waals surface area (Å²) < 4.78 is 0. The monoisotopic (exact) mass is 313 g/mol. The molecule has 0 saturated carbocycles. The Morgan fingerprint density at radius 2 is 1.70 bits per heavy atom. The minimum Gasteiger partial charge on any atom is -0.319 e. The van der Waals surface area contributed by atoms with E-state index in [9.17, 15) is 4.79 Å². The van der Waals surface area contributed by atoms with Crippen LogP contribution in [0.15, 0.2) is 24.3 Å². The Bertz CT molecular complexity index is 658. The zero-order valence-electron chi connectivity index (χ0n) is 13.4. The van der Waals surface area contributed by atoms with Gasteiger partial charge in [-0.25, -0.2) is 0 Å². The number of hydrogen-bond donors (Lipinski definition) is 0. The number of likely N-dealkylation sites (tertiary alicyclic amines) is 2. The molecule has 23 heavy (non-hydrogen) atoms. The molecule has 2 aliphatic rings. The summed E-state index contributed by atoms with van der Waals surface area (Å²) in [6.45, 7) is 4.18. The van der Waals surface area contributed by atoms with Crippen molar-refractivity contribution < 1.29 is 4.79 Å². The van der Waals surface area contributed by atoms with Gasteiger partial charge in [0.2, 0.25) is 5.91 Å². The quantitative estimate of drug-likeness (QED) is 0.847. The topological polar surface area (TPSA) is 54.3 Å². The SMILES string of the molecule is O=C1CCCN1C(CCN1CCCC1)n1nc2ccccc2n1. The first-order valence-corrected chi connectivity index (χ1v) is 8.65. The van der Waals surface area contributed by atoms with Crippen molar-refractivity contribution in [1.29, 1.82) is 0 Å². The van der Waals surface area contributed by atoms with Crippen LogP contribution in [0.2, 0.25) is 0 Å². The summed E-state index contributed by atoms with van der Waals surface area (Å²) in [6.07, 6.45) is 5.01. The van der Waals surface area contributed by atoms with Crippen molar-refractivity contribution in [1.82, 2.24) is 24.8 Å². The molecule has 0 radical (unpaired) electrons. The highest BCUT2D eigenvalue weighted by Gasteiger charge is 2.31. The van der Waals surface area contributed by atoms with Gasteiger partial charge in [0.05, 0.1) is 0 Å². The number of aromatic nitrogens is 3. The summed E-state index contributed by atoms with van der Waals surface area (Å²) >= 11 is 0. The van der Waals surface area contributed by atoms with E-state index in [1.807, 2.05) is 29.2 Å². The largest absolute Gasteiger partial charge is 0.319 e. The smallest absolute Gasteiger partial charge is 0.224 e. The predicted molar refractivity (Wildman–Crippen MR) is 87.8 cm³/mol. The number of carbonyl (C=O) groups is 1. The van der Waals surface area contributed by atoms with E-state index >= 15 is 0 Å². The van der Waals surface area contributed by atoms with Gasteiger partial charge in [-0.3, -0.25) is 4.79 Å². The Morgan fingerprint density at radius 3 is 2.30 bits per heavy atom. The van der Waals surface area contributed by atoms with E-state index in [1.54, 1.807) is 4.80 Å². The molecular formula is C17H23N5O. The summed E-state index contributed by atoms with van der Waals surface area (Å²) in [4.78, 5) is 18.5. The first-order chi connectivity index (χ1) is 11.3. The van der Waals surface area contributed by atoms with Crippen molar-refractivity contribution in [2.45, 2.75) is 38.3 Å². The van der Waals surface area contributed by atoms with Gasteiger partial charge in [0, 0.05) is 25.9 Å². The van der Waals surface area contributed by atoms with Crippen LogP contribution in [0.3, 0.4) is 0 Å². The molecule has 4 rings (SSSR count). The summed E-state index contributed by atoms with van der Waals surface area (Å²) in [7, 11) is 0. The van der Waals surface area contributed by atoms with Gasteiger partial charge in [-0.05, 0) is 44.5 Å². The lowest BCUT2D eigenvalue weighted by molar-refractivity contribution is -0.132. The van der Waals surface area contributed by atoms with E-state index in [4.69, 9.17) is 0 Å². The Labute approximate surface area is 136 Å². The molecular weight excluding hydrogens is 290 g/mol. The van der Waals surface area contributed by atoms with Gasteiger partial charge in [0.25, 0.3) is 0 Å². The number of hydrogen-bond acceptors (Lipinski definition) is 4. The van der Waals surface area contributed by atoms with Crippen LogP contribution < -0.4 is 0 Å². The third-order valence-corrected chi connectivity index (χ3v) is 4.94. The summed E-state index contributed by atoms with van der Waals surface area (Å²) in [5.74, 6) is 0.234. The summed E-state index contributed by atoms with van der Waals surface area (Å²) in [5.41, 5.74) is 1.79. The van der Waals surface area contributed by atoms with Crippen LogP contribution in [0.4, 0.5) is 0 Å². The molecule has 1 aromatic carbocycles. The van der Waals surface area contributed by atoms with Crippen molar-refractivity contribution in [3.05, 3.63) is 24.3 Å². The molecule has 1 amide bonds. The molecule has 0 aliphatic carbocycles. The Balaban J connectivity index is 1.59. The second-order valence-electron chi connectivity index (χ2n) is 6.52. The van der Waals surface area contributed by atoms with Gasteiger partial charge < -0.3 is 9.80 Å². The van der Waals surface area contributed by atoms with Gasteiger partial charge >= 0.3 is 0 Å². The van der Waals surface area contributed by atoms with Gasteiger partial charge in [0.15, 0.2) is 0 Å². The maximum absolute atomic E-state index is 12.2. The van der Waals surface area contributed by atoms with Crippen LogP contribution in [0.25, 0.3) is 11.0 Å². The number of nitrogens with zero attached hydrogens (tertiary/aromatic N) is 5. The van der Waals surface area contributed by atoms with Gasteiger partial charge in [-0.2, -0.15) is 15.0 Å². The molecule has 2 fully saturated rings. The van der Waals surface area contributed by atoms with E-state index in [-0.39, 0.29) is 12.1 Å². The average molecular weight is 313 g/mol. The standard InChI is InChI=1S/C17H23N5O/c23-17-8-5-12-21(17)16(9-13-20-10-3-4-11-20)22-18-14-6-1-2-7-15(14)19-22/h1-2,6-7,16H,3-5,8-13H2. The maximum atomic E-state index is 12.2. The molecule has 2 aromatic rings. The second kappa shape index (κ2) is 6.28. The Hall–Kier alpha value is -1.95. The van der Waals surface area contributed by atoms with Crippen LogP contribution in [-0.2, 0) is 4.79 Å². The molecule has 0 spiro atoms. The number of fused-ring (bicyclic) bond motifs is 1. The lowest BCUT2D eigenvalue weighted by atomic mass is 10.3. The van der Waals surface area contributed by atoms with Crippen LogP contribution in [-0.4, -0.2) is 56.9 Å². The third-order valence-electron chi connectivity index (χ3n) is 4.94. The van der Waals surface area contributed by atoms with E-state index in [2.05, 4.69) is 15.1 Å². The Kier molecular flexibility index (Phi) is 3.99. The molecule has 2 aliphatic heterocycles. The summed E-state index contributed by atoms with van der Waals surface area (Å²) in [5, 5.41) is 9.26. The highest BCUT2D eigenvalue weighted by Crippen LogP contribution is 2.25. The van der Waals surface area contributed by atoms with E-state index < -0.39 is 0 Å². The molecule has 1 unspecified atom stereocenters. The number of amides is 1. The predicted octanol–water partition coefficient (Wildman–Crippen LogP) is 2.04.